The van der Waals surface area contributed by atoms with Crippen LogP contribution in [0.5, 0.6) is 0 Å². The van der Waals surface area contributed by atoms with Gasteiger partial charge in [-0.25, -0.2) is 14.4 Å². The average Bonchev–Trinajstić information content (AvgIpc) is 3.56. The van der Waals surface area contributed by atoms with Gasteiger partial charge in [-0.1, -0.05) is 124 Å². The Kier molecular flexibility index (Phi) is 13.8. The molecule has 0 aliphatic heterocycles. The molecular weight excluding hydrogens is 985 g/mol. The van der Waals surface area contributed by atoms with Gasteiger partial charge >= 0.3 is 17.9 Å². The minimum Gasteiger partial charge on any atom is -0.478 e. The highest BCUT2D eigenvalue weighted by molar-refractivity contribution is 5.89. The summed E-state index contributed by atoms with van der Waals surface area (Å²) in [6.07, 6.45) is 0. The monoisotopic (exact) mass is 1030 g/mol. The lowest BCUT2D eigenvalue weighted by Gasteiger charge is -2.43. The number of benzene rings is 9. The molecule has 0 fully saturated rings. The zero-order valence-corrected chi connectivity index (χ0v) is 43.5. The molecule has 0 radical (unpaired) electrons. The Morgan fingerprint density at radius 2 is 0.425 bits per heavy atom. The molecule has 2 unspecified atom stereocenters. The highest BCUT2D eigenvalue weighted by atomic mass is 16.4. The molecule has 2 bridgehead atoms. The topological polar surface area (TPSA) is 112 Å². The van der Waals surface area contributed by atoms with Gasteiger partial charge in [-0.05, 0) is 200 Å². The number of hydrogen-bond acceptors (Lipinski definition) is 3. The number of carboxylic acid groups (broad SMARTS) is 3. The number of hydrogen-bond donors (Lipinski definition) is 3. The summed E-state index contributed by atoms with van der Waals surface area (Å²) in [5.41, 5.74) is 18.8. The summed E-state index contributed by atoms with van der Waals surface area (Å²) in [6, 6.07) is 56.5. The second-order valence-corrected chi connectivity index (χ2v) is 19.7. The van der Waals surface area contributed by atoms with Crippen molar-refractivity contribution in [3.05, 3.63) is 316 Å². The fourth-order valence-corrected chi connectivity index (χ4v) is 9.86. The van der Waals surface area contributed by atoms with Crippen LogP contribution in [0.1, 0.15) is 160 Å². The zero-order chi connectivity index (χ0) is 55.4. The largest absolute Gasteiger partial charge is 0.478 e. The highest BCUT2D eigenvalue weighted by Crippen LogP contribution is 2.57. The van der Waals surface area contributed by atoms with E-state index < -0.39 is 17.9 Å². The van der Waals surface area contributed by atoms with Crippen LogP contribution in [0.2, 0.25) is 0 Å². The molecule has 2 atom stereocenters. The van der Waals surface area contributed by atoms with E-state index in [9.17, 15) is 29.7 Å². The summed E-state index contributed by atoms with van der Waals surface area (Å²) >= 11 is 0. The molecule has 9 aromatic rings. The standard InChI is InChI=1S/C74H44O6/c1-46-4-10-49(11-5-46)22-34-58-40-64-65(41-59(58)35-23-50-12-6-47(2)7-13-50)71-67-43-61(37-25-52-16-28-55(29-17-52)72(75)76)60(36-24-51-14-8-48(3)9-15-51)42-66(67)70(64)68-44-62(38-26-53-18-30-56(31-19-53)73(77)78)63(45-69(68)71)39-27-54-20-32-57(33-21-54)74(79)80/h4-21,28-33,40-45,70-71H,1-3H3,(H,75,76)(H,77,78)(H,79,80). The van der Waals surface area contributed by atoms with Gasteiger partial charge in [0.25, 0.3) is 0 Å². The first-order valence-electron chi connectivity index (χ1n) is 25.7. The Balaban J connectivity index is 1.16. The molecule has 0 saturated heterocycles. The Morgan fingerprint density at radius 3 is 0.588 bits per heavy atom. The minimum absolute atomic E-state index is 0.148. The third kappa shape index (κ3) is 10.9. The Labute approximate surface area is 464 Å². The molecule has 0 amide bonds. The summed E-state index contributed by atoms with van der Waals surface area (Å²) in [4.78, 5) is 35.3. The number of aromatic carboxylic acids is 3. The van der Waals surface area contributed by atoms with E-state index >= 15 is 0 Å². The van der Waals surface area contributed by atoms with Crippen LogP contribution >= 0.6 is 0 Å². The van der Waals surface area contributed by atoms with Gasteiger partial charge in [-0.2, -0.15) is 0 Å². The minimum atomic E-state index is -1.03. The molecule has 0 heterocycles. The van der Waals surface area contributed by atoms with Gasteiger partial charge in [0, 0.05) is 78.6 Å². The summed E-state index contributed by atoms with van der Waals surface area (Å²) in [5, 5.41) is 28.9. The second kappa shape index (κ2) is 21.8. The van der Waals surface area contributed by atoms with Crippen molar-refractivity contribution in [2.24, 2.45) is 0 Å². The van der Waals surface area contributed by atoms with Gasteiger partial charge in [0.05, 0.1) is 16.7 Å². The van der Waals surface area contributed by atoms with Gasteiger partial charge in [-0.3, -0.25) is 0 Å². The van der Waals surface area contributed by atoms with Crippen LogP contribution in [0.3, 0.4) is 0 Å². The number of rotatable bonds is 3. The summed E-state index contributed by atoms with van der Waals surface area (Å²) in [6.45, 7) is 6.13. The Bertz CT molecular complexity index is 4450. The van der Waals surface area contributed by atoms with Crippen LogP contribution in [0, 0.1) is 91.8 Å². The maximum Gasteiger partial charge on any atom is 0.335 e. The SMILES string of the molecule is Cc1ccc(C#Cc2cc3c(cc2C#Cc2ccc(C)cc2)C2c4cc(C#Cc5ccc(C(=O)O)cc5)c(C#Cc5ccc(C)cc5)cc4C3c3cc(C#Cc4ccc(C(=O)O)cc4)c(C#Cc4ccc(C(=O)O)cc4)cc32)cc1. The summed E-state index contributed by atoms with van der Waals surface area (Å²) in [5.74, 6) is 37.1. The summed E-state index contributed by atoms with van der Waals surface area (Å²) in [7, 11) is 0. The molecule has 3 aliphatic rings. The first kappa shape index (κ1) is 50.9. The lowest BCUT2D eigenvalue weighted by molar-refractivity contribution is 0.0686. The molecule has 6 heteroatoms. The number of carboxylic acids is 3. The van der Waals surface area contributed by atoms with Crippen LogP contribution in [-0.4, -0.2) is 33.2 Å². The molecule has 0 saturated carbocycles. The van der Waals surface area contributed by atoms with Crippen LogP contribution in [0.4, 0.5) is 0 Å². The fourth-order valence-electron chi connectivity index (χ4n) is 9.86. The number of carbonyl (C=O) groups is 3. The molecule has 80 heavy (non-hydrogen) atoms. The smallest absolute Gasteiger partial charge is 0.335 e. The van der Waals surface area contributed by atoms with E-state index in [0.717, 1.165) is 83.5 Å². The molecule has 0 aromatic heterocycles. The van der Waals surface area contributed by atoms with E-state index in [1.165, 1.54) is 24.3 Å². The van der Waals surface area contributed by atoms with E-state index in [1.54, 1.807) is 48.5 Å². The maximum atomic E-state index is 11.8. The molecule has 3 aliphatic carbocycles. The molecule has 3 N–H and O–H groups in total. The van der Waals surface area contributed by atoms with Crippen molar-refractivity contribution in [3.8, 4) is 71.0 Å². The highest BCUT2D eigenvalue weighted by Gasteiger charge is 2.43. The average molecular weight is 1030 g/mol. The Morgan fingerprint density at radius 1 is 0.263 bits per heavy atom. The van der Waals surface area contributed by atoms with Crippen molar-refractivity contribution in [3.63, 3.8) is 0 Å². The van der Waals surface area contributed by atoms with Crippen molar-refractivity contribution < 1.29 is 29.7 Å². The predicted octanol–water partition coefficient (Wildman–Crippen LogP) is 13.1. The molecule has 12 rings (SSSR count). The van der Waals surface area contributed by atoms with E-state index in [0.29, 0.717) is 33.4 Å². The van der Waals surface area contributed by atoms with Crippen molar-refractivity contribution in [2.45, 2.75) is 32.6 Å². The lowest BCUT2D eigenvalue weighted by atomic mass is 9.59. The third-order valence-corrected chi connectivity index (χ3v) is 14.1. The van der Waals surface area contributed by atoms with Crippen molar-refractivity contribution >= 4 is 17.9 Å². The van der Waals surface area contributed by atoms with Gasteiger partial charge in [0.2, 0.25) is 0 Å². The first-order valence-corrected chi connectivity index (χ1v) is 25.7. The Hall–Kier alpha value is -11.3. The van der Waals surface area contributed by atoms with E-state index in [2.05, 4.69) is 107 Å². The molecule has 376 valence electrons. The van der Waals surface area contributed by atoms with Crippen molar-refractivity contribution in [2.75, 3.05) is 0 Å². The van der Waals surface area contributed by atoms with Crippen LogP contribution < -0.4 is 0 Å². The first-order chi connectivity index (χ1) is 38.8. The van der Waals surface area contributed by atoms with Crippen LogP contribution in [0.25, 0.3) is 0 Å². The lowest BCUT2D eigenvalue weighted by Crippen LogP contribution is -2.29. The molecule has 6 nitrogen and oxygen atoms in total. The predicted molar refractivity (Wildman–Crippen MR) is 311 cm³/mol. The van der Waals surface area contributed by atoms with Gasteiger partial charge in [0.1, 0.15) is 0 Å². The molecular formula is C74H44O6. The molecule has 9 aromatic carbocycles. The van der Waals surface area contributed by atoms with Crippen molar-refractivity contribution in [1.29, 1.82) is 0 Å². The van der Waals surface area contributed by atoms with E-state index in [4.69, 9.17) is 0 Å². The van der Waals surface area contributed by atoms with Crippen LogP contribution in [-0.2, 0) is 0 Å². The van der Waals surface area contributed by atoms with E-state index in [1.807, 2.05) is 93.6 Å². The van der Waals surface area contributed by atoms with Crippen molar-refractivity contribution in [1.82, 2.24) is 0 Å². The van der Waals surface area contributed by atoms with E-state index in [-0.39, 0.29) is 28.5 Å². The molecule has 0 spiro atoms. The number of aryl methyl sites for hydroxylation is 3. The van der Waals surface area contributed by atoms with Gasteiger partial charge in [0.15, 0.2) is 0 Å². The second-order valence-electron chi connectivity index (χ2n) is 19.7. The van der Waals surface area contributed by atoms with Gasteiger partial charge in [-0.15, -0.1) is 0 Å². The fraction of sp³-hybridized carbons (Fsp3) is 0.0676. The quantitative estimate of drug-likeness (QED) is 0.152. The van der Waals surface area contributed by atoms with Gasteiger partial charge < -0.3 is 15.3 Å². The van der Waals surface area contributed by atoms with Crippen LogP contribution in [0.15, 0.2) is 182 Å². The third-order valence-electron chi connectivity index (χ3n) is 14.1. The normalized spacial score (nSPS) is 12.6. The summed E-state index contributed by atoms with van der Waals surface area (Å²) < 4.78 is 0. The maximum absolute atomic E-state index is 11.8. The zero-order valence-electron chi connectivity index (χ0n) is 43.5.